The molecule has 27 heavy (non-hydrogen) atoms. The number of amides is 1. The van der Waals surface area contributed by atoms with E-state index in [1.54, 1.807) is 26.2 Å². The molecular formula is C21H18N3O2S-. The van der Waals surface area contributed by atoms with E-state index in [9.17, 15) is 10.1 Å². The number of nitrogens with zero attached hydrogens (tertiary/aromatic N) is 2. The molecule has 1 aliphatic heterocycles. The van der Waals surface area contributed by atoms with Gasteiger partial charge in [0.25, 0.3) is 0 Å². The van der Waals surface area contributed by atoms with E-state index in [2.05, 4.69) is 16.4 Å². The number of carbonyl (C=O) groups excluding carboxylic acids is 1. The summed E-state index contributed by atoms with van der Waals surface area (Å²) in [6, 6.07) is 18.8. The molecule has 3 rings (SSSR count). The fourth-order valence-corrected chi connectivity index (χ4v) is 3.58. The maximum absolute atomic E-state index is 13.2. The molecule has 0 saturated carbocycles. The molecule has 0 radical (unpaired) electrons. The largest absolute Gasteiger partial charge is 0.759 e. The molecule has 1 aliphatic rings. The number of para-hydroxylation sites is 2. The first-order chi connectivity index (χ1) is 13.1. The van der Waals surface area contributed by atoms with Crippen molar-refractivity contribution in [3.8, 4) is 11.8 Å². The van der Waals surface area contributed by atoms with Crippen molar-refractivity contribution in [1.82, 2.24) is 0 Å². The van der Waals surface area contributed by atoms with E-state index in [0.717, 1.165) is 5.56 Å². The number of nitrogens with one attached hydrogen (secondary N) is 1. The zero-order valence-corrected chi connectivity index (χ0v) is 15.8. The minimum absolute atomic E-state index is 0.241. The highest BCUT2D eigenvalue weighted by atomic mass is 32.1. The van der Waals surface area contributed by atoms with E-state index in [1.807, 2.05) is 42.5 Å². The lowest BCUT2D eigenvalue weighted by Gasteiger charge is -2.33. The Kier molecular flexibility index (Phi) is 5.53. The van der Waals surface area contributed by atoms with Gasteiger partial charge >= 0.3 is 0 Å². The van der Waals surface area contributed by atoms with E-state index in [0.29, 0.717) is 22.7 Å². The average Bonchev–Trinajstić information content (AvgIpc) is 2.68. The summed E-state index contributed by atoms with van der Waals surface area (Å²) in [4.78, 5) is 17.5. The molecule has 0 bridgehead atoms. The van der Waals surface area contributed by atoms with Crippen LogP contribution >= 0.6 is 0 Å². The molecule has 1 unspecified atom stereocenters. The zero-order chi connectivity index (χ0) is 19.4. The van der Waals surface area contributed by atoms with Gasteiger partial charge in [0.05, 0.1) is 24.8 Å². The van der Waals surface area contributed by atoms with Gasteiger partial charge in [0, 0.05) is 17.2 Å². The summed E-state index contributed by atoms with van der Waals surface area (Å²) in [5.74, 6) is -0.813. The molecule has 0 aromatic heterocycles. The summed E-state index contributed by atoms with van der Waals surface area (Å²) in [6.07, 6.45) is 0. The highest BCUT2D eigenvalue weighted by molar-refractivity contribution is 7.63. The third-order valence-electron chi connectivity index (χ3n) is 4.53. The van der Waals surface area contributed by atoms with Gasteiger partial charge in [-0.15, -0.1) is 0 Å². The van der Waals surface area contributed by atoms with Crippen molar-refractivity contribution in [1.29, 1.82) is 5.26 Å². The second-order valence-corrected chi connectivity index (χ2v) is 6.53. The standard InChI is InChI=1S/C21H19N3O2S/c1-13-18(20(25)24-16-10-6-7-11-17(16)26-2)19(14-8-4-3-5-9-14)15(12-22)21(27)23-13/h3-11,18-19,27H,1-2H3,(H,24,25)/p-1/t18?,19-/m0/s1. The highest BCUT2D eigenvalue weighted by Gasteiger charge is 2.37. The Labute approximate surface area is 163 Å². The monoisotopic (exact) mass is 376 g/mol. The van der Waals surface area contributed by atoms with Gasteiger partial charge < -0.3 is 22.7 Å². The number of anilines is 1. The normalized spacial score (nSPS) is 19.1. The lowest BCUT2D eigenvalue weighted by Crippen LogP contribution is -2.36. The summed E-state index contributed by atoms with van der Waals surface area (Å²) in [6.45, 7) is 1.77. The molecule has 6 heteroatoms. The van der Waals surface area contributed by atoms with Crippen molar-refractivity contribution in [2.75, 3.05) is 12.4 Å². The van der Waals surface area contributed by atoms with Crippen LogP contribution < -0.4 is 10.1 Å². The van der Waals surface area contributed by atoms with E-state index < -0.39 is 11.8 Å². The first kappa shape index (κ1) is 18.6. The van der Waals surface area contributed by atoms with Crippen LogP contribution in [0.1, 0.15) is 18.4 Å². The van der Waals surface area contributed by atoms with Gasteiger partial charge in [-0.25, -0.2) is 0 Å². The minimum atomic E-state index is -0.640. The molecule has 136 valence electrons. The van der Waals surface area contributed by atoms with Crippen LogP contribution in [0.15, 0.2) is 70.2 Å². The van der Waals surface area contributed by atoms with Crippen LogP contribution in [0.3, 0.4) is 0 Å². The van der Waals surface area contributed by atoms with Crippen LogP contribution in [0.25, 0.3) is 0 Å². The number of hydrogen-bond acceptors (Lipinski definition) is 5. The molecule has 2 aromatic rings. The second kappa shape index (κ2) is 8.02. The lowest BCUT2D eigenvalue weighted by molar-refractivity contribution is -0.118. The van der Waals surface area contributed by atoms with E-state index in [4.69, 9.17) is 17.4 Å². The summed E-state index contributed by atoms with van der Waals surface area (Å²) in [5.41, 5.74) is 2.34. The fourth-order valence-electron chi connectivity index (χ4n) is 3.27. The van der Waals surface area contributed by atoms with E-state index in [1.165, 1.54) is 0 Å². The minimum Gasteiger partial charge on any atom is -0.759 e. The van der Waals surface area contributed by atoms with Gasteiger partial charge in [0.1, 0.15) is 5.75 Å². The summed E-state index contributed by atoms with van der Waals surface area (Å²) >= 11 is 5.29. The van der Waals surface area contributed by atoms with Crippen LogP contribution in [-0.4, -0.2) is 18.7 Å². The topological polar surface area (TPSA) is 74.5 Å². The Bertz CT molecular complexity index is 961. The summed E-state index contributed by atoms with van der Waals surface area (Å²) < 4.78 is 5.31. The molecule has 2 aromatic carbocycles. The maximum atomic E-state index is 13.2. The van der Waals surface area contributed by atoms with Crippen molar-refractivity contribution < 1.29 is 9.53 Å². The van der Waals surface area contributed by atoms with Gasteiger partial charge in [-0.2, -0.15) is 5.26 Å². The molecular weight excluding hydrogens is 358 g/mol. The third-order valence-corrected chi connectivity index (χ3v) is 4.84. The van der Waals surface area contributed by atoms with Crippen molar-refractivity contribution in [2.24, 2.45) is 10.9 Å². The van der Waals surface area contributed by atoms with E-state index >= 15 is 0 Å². The van der Waals surface area contributed by atoms with Crippen LogP contribution in [0.5, 0.6) is 5.75 Å². The van der Waals surface area contributed by atoms with Crippen LogP contribution in [-0.2, 0) is 17.4 Å². The first-order valence-electron chi connectivity index (χ1n) is 8.42. The van der Waals surface area contributed by atoms with Gasteiger partial charge in [0.15, 0.2) is 0 Å². The van der Waals surface area contributed by atoms with Crippen LogP contribution in [0, 0.1) is 17.2 Å². The van der Waals surface area contributed by atoms with Gasteiger partial charge in [-0.1, -0.05) is 47.5 Å². The quantitative estimate of drug-likeness (QED) is 0.824. The smallest absolute Gasteiger partial charge is 0.234 e. The Morgan fingerprint density at radius 1 is 1.19 bits per heavy atom. The molecule has 2 atom stereocenters. The molecule has 0 saturated heterocycles. The number of rotatable bonds is 4. The Morgan fingerprint density at radius 3 is 2.52 bits per heavy atom. The molecule has 1 heterocycles. The molecule has 0 aliphatic carbocycles. The van der Waals surface area contributed by atoms with E-state index in [-0.39, 0.29) is 10.9 Å². The predicted molar refractivity (Wildman–Crippen MR) is 107 cm³/mol. The molecule has 1 amide bonds. The number of benzene rings is 2. The molecule has 5 nitrogen and oxygen atoms in total. The number of carbonyl (C=O) groups is 1. The number of nitriles is 1. The molecule has 1 N–H and O–H groups in total. The molecule has 0 fully saturated rings. The average molecular weight is 376 g/mol. The van der Waals surface area contributed by atoms with Gasteiger partial charge in [0.2, 0.25) is 5.91 Å². The summed E-state index contributed by atoms with van der Waals surface area (Å²) in [7, 11) is 1.55. The zero-order valence-electron chi connectivity index (χ0n) is 15.0. The first-order valence-corrected chi connectivity index (χ1v) is 8.83. The maximum Gasteiger partial charge on any atom is 0.234 e. The Balaban J connectivity index is 2.02. The van der Waals surface area contributed by atoms with Gasteiger partial charge in [-0.3, -0.25) is 9.79 Å². The predicted octanol–water partition coefficient (Wildman–Crippen LogP) is 3.79. The van der Waals surface area contributed by atoms with Crippen molar-refractivity contribution in [2.45, 2.75) is 12.8 Å². The summed E-state index contributed by atoms with van der Waals surface area (Å²) in [5, 5.41) is 12.8. The highest BCUT2D eigenvalue weighted by Crippen LogP contribution is 2.39. The number of allylic oxidation sites excluding steroid dienone is 1. The van der Waals surface area contributed by atoms with Crippen molar-refractivity contribution in [3.05, 3.63) is 70.8 Å². The van der Waals surface area contributed by atoms with Crippen LogP contribution in [0.2, 0.25) is 0 Å². The lowest BCUT2D eigenvalue weighted by atomic mass is 9.77. The Morgan fingerprint density at radius 2 is 1.85 bits per heavy atom. The molecule has 0 spiro atoms. The SMILES string of the molecule is COc1ccccc1NC(=O)C1C(C)=NC([S-])=C(C#N)[C@@H]1c1ccccc1. The second-order valence-electron chi connectivity index (χ2n) is 6.14. The number of ether oxygens (including phenoxy) is 1. The fraction of sp³-hybridized carbons (Fsp3) is 0.190. The number of hydrogen-bond donors (Lipinski definition) is 1. The van der Waals surface area contributed by atoms with Gasteiger partial charge in [-0.05, 0) is 24.6 Å². The van der Waals surface area contributed by atoms with Crippen molar-refractivity contribution in [3.63, 3.8) is 0 Å². The third kappa shape index (κ3) is 3.69. The Hall–Kier alpha value is -3.17. The van der Waals surface area contributed by atoms with Crippen molar-refractivity contribution >= 4 is 29.9 Å². The number of aliphatic imine (C=N–C) groups is 1. The number of methoxy groups -OCH3 is 1. The van der Waals surface area contributed by atoms with Crippen LogP contribution in [0.4, 0.5) is 5.69 Å².